The lowest BCUT2D eigenvalue weighted by Crippen LogP contribution is -2.25. The van der Waals surface area contributed by atoms with Gasteiger partial charge in [0.2, 0.25) is 5.91 Å². The molecule has 0 saturated heterocycles. The number of halogens is 1. The summed E-state index contributed by atoms with van der Waals surface area (Å²) >= 11 is 5.41. The van der Waals surface area contributed by atoms with Gasteiger partial charge in [0, 0.05) is 18.6 Å². The summed E-state index contributed by atoms with van der Waals surface area (Å²) in [7, 11) is 0. The lowest BCUT2D eigenvalue weighted by atomic mass is 10.3. The molecular formula is C11H11ClN4O. The number of nitrogens with zero attached hydrogens (tertiary/aromatic N) is 3. The van der Waals surface area contributed by atoms with Crippen LogP contribution in [0.1, 0.15) is 5.69 Å². The molecule has 88 valence electrons. The molecule has 0 bridgehead atoms. The number of pyridine rings is 1. The monoisotopic (exact) mass is 250 g/mol. The van der Waals surface area contributed by atoms with Crippen molar-refractivity contribution in [3.8, 4) is 5.69 Å². The number of hydrogen-bond acceptors (Lipinski definition) is 3. The normalized spacial score (nSPS) is 10.2. The van der Waals surface area contributed by atoms with Crippen molar-refractivity contribution in [2.24, 2.45) is 0 Å². The Bertz CT molecular complexity index is 498. The van der Waals surface area contributed by atoms with Crippen molar-refractivity contribution < 1.29 is 4.79 Å². The van der Waals surface area contributed by atoms with E-state index in [1.54, 1.807) is 17.1 Å². The summed E-state index contributed by atoms with van der Waals surface area (Å²) in [5.74, 6) is -0.270. The van der Waals surface area contributed by atoms with E-state index in [1.807, 2.05) is 24.4 Å². The lowest BCUT2D eigenvalue weighted by molar-refractivity contribution is -0.118. The minimum absolute atomic E-state index is 0.0517. The van der Waals surface area contributed by atoms with E-state index < -0.39 is 0 Å². The van der Waals surface area contributed by atoms with Crippen LogP contribution in [0.2, 0.25) is 0 Å². The highest BCUT2D eigenvalue weighted by atomic mass is 35.5. The smallest absolute Gasteiger partial charge is 0.235 e. The molecule has 6 heteroatoms. The molecule has 0 radical (unpaired) electrons. The fourth-order valence-corrected chi connectivity index (χ4v) is 1.51. The van der Waals surface area contributed by atoms with E-state index in [9.17, 15) is 4.79 Å². The first-order valence-corrected chi connectivity index (χ1v) is 5.61. The first-order valence-electron chi connectivity index (χ1n) is 5.08. The van der Waals surface area contributed by atoms with Crippen LogP contribution in [0, 0.1) is 0 Å². The molecule has 2 heterocycles. The lowest BCUT2D eigenvalue weighted by Gasteiger charge is -2.08. The molecule has 17 heavy (non-hydrogen) atoms. The Morgan fingerprint density at radius 2 is 2.29 bits per heavy atom. The van der Waals surface area contributed by atoms with E-state index in [0.29, 0.717) is 6.54 Å². The Morgan fingerprint density at radius 1 is 1.41 bits per heavy atom. The summed E-state index contributed by atoms with van der Waals surface area (Å²) in [6.45, 7) is 0.335. The fraction of sp³-hybridized carbons (Fsp3) is 0.182. The molecule has 0 atom stereocenters. The maximum atomic E-state index is 11.1. The van der Waals surface area contributed by atoms with Gasteiger partial charge in [0.1, 0.15) is 5.88 Å². The molecule has 0 unspecified atom stereocenters. The van der Waals surface area contributed by atoms with Crippen molar-refractivity contribution in [2.75, 3.05) is 5.88 Å². The first kappa shape index (κ1) is 11.6. The molecule has 0 fully saturated rings. The van der Waals surface area contributed by atoms with Crippen LogP contribution in [0.15, 0.2) is 36.8 Å². The van der Waals surface area contributed by atoms with Crippen molar-refractivity contribution >= 4 is 17.5 Å². The van der Waals surface area contributed by atoms with Gasteiger partial charge in [-0.3, -0.25) is 9.78 Å². The number of carbonyl (C=O) groups excluding carboxylic acids is 1. The van der Waals surface area contributed by atoms with Crippen molar-refractivity contribution in [2.45, 2.75) is 6.54 Å². The third kappa shape index (κ3) is 2.82. The zero-order valence-electron chi connectivity index (χ0n) is 9.01. The van der Waals surface area contributed by atoms with E-state index in [-0.39, 0.29) is 11.8 Å². The van der Waals surface area contributed by atoms with Gasteiger partial charge in [-0.2, -0.15) is 5.10 Å². The zero-order valence-corrected chi connectivity index (χ0v) is 9.76. The third-order valence-corrected chi connectivity index (χ3v) is 2.43. The van der Waals surface area contributed by atoms with Crippen LogP contribution >= 0.6 is 11.6 Å². The van der Waals surface area contributed by atoms with Crippen LogP contribution in [0.5, 0.6) is 0 Å². The van der Waals surface area contributed by atoms with Crippen LogP contribution in [0.4, 0.5) is 0 Å². The molecular weight excluding hydrogens is 240 g/mol. The molecule has 2 aromatic rings. The largest absolute Gasteiger partial charge is 0.349 e. The van der Waals surface area contributed by atoms with E-state index in [1.165, 1.54) is 0 Å². The van der Waals surface area contributed by atoms with Crippen molar-refractivity contribution in [1.82, 2.24) is 20.1 Å². The minimum atomic E-state index is -0.219. The predicted octanol–water partition coefficient (Wildman–Crippen LogP) is 1.12. The highest BCUT2D eigenvalue weighted by Crippen LogP contribution is 2.10. The molecule has 0 aliphatic rings. The van der Waals surface area contributed by atoms with E-state index in [2.05, 4.69) is 15.4 Å². The highest BCUT2D eigenvalue weighted by molar-refractivity contribution is 6.27. The summed E-state index contributed by atoms with van der Waals surface area (Å²) in [6, 6.07) is 5.54. The van der Waals surface area contributed by atoms with Gasteiger partial charge in [0.15, 0.2) is 0 Å². The van der Waals surface area contributed by atoms with Crippen LogP contribution in [-0.2, 0) is 11.3 Å². The number of carbonyl (C=O) groups is 1. The predicted molar refractivity (Wildman–Crippen MR) is 63.9 cm³/mol. The number of alkyl halides is 1. The van der Waals surface area contributed by atoms with Gasteiger partial charge >= 0.3 is 0 Å². The Balaban J connectivity index is 2.20. The summed E-state index contributed by atoms with van der Waals surface area (Å²) in [5.41, 5.74) is 1.59. The molecule has 0 saturated carbocycles. The number of amides is 1. The van der Waals surface area contributed by atoms with Crippen LogP contribution in [-0.4, -0.2) is 26.6 Å². The Labute approximate surface area is 103 Å². The zero-order chi connectivity index (χ0) is 12.1. The molecule has 0 spiro atoms. The molecule has 0 aliphatic carbocycles. The summed E-state index contributed by atoms with van der Waals surface area (Å²) in [4.78, 5) is 15.3. The van der Waals surface area contributed by atoms with E-state index in [4.69, 9.17) is 11.6 Å². The quantitative estimate of drug-likeness (QED) is 0.828. The van der Waals surface area contributed by atoms with Gasteiger partial charge in [0.25, 0.3) is 0 Å². The number of nitrogens with one attached hydrogen (secondary N) is 1. The standard InChI is InChI=1S/C11H11ClN4O/c12-7-11(17)14-8-9-10(3-1-4-13-9)16-6-2-5-15-16/h1-6H,7-8H2,(H,14,17). The number of rotatable bonds is 4. The van der Waals surface area contributed by atoms with Crippen LogP contribution < -0.4 is 5.32 Å². The average molecular weight is 251 g/mol. The summed E-state index contributed by atoms with van der Waals surface area (Å²) in [6.07, 6.45) is 5.19. The summed E-state index contributed by atoms with van der Waals surface area (Å²) in [5, 5.41) is 6.81. The van der Waals surface area contributed by atoms with E-state index >= 15 is 0 Å². The fourth-order valence-electron chi connectivity index (χ4n) is 1.42. The maximum Gasteiger partial charge on any atom is 0.235 e. The van der Waals surface area contributed by atoms with Gasteiger partial charge in [0.05, 0.1) is 17.9 Å². The van der Waals surface area contributed by atoms with Crippen LogP contribution in [0.25, 0.3) is 5.69 Å². The topological polar surface area (TPSA) is 59.8 Å². The van der Waals surface area contributed by atoms with Gasteiger partial charge in [-0.25, -0.2) is 4.68 Å². The Morgan fingerprint density at radius 3 is 3.00 bits per heavy atom. The summed E-state index contributed by atoms with van der Waals surface area (Å²) < 4.78 is 1.70. The van der Waals surface area contributed by atoms with Gasteiger partial charge in [-0.05, 0) is 18.2 Å². The number of aromatic nitrogens is 3. The van der Waals surface area contributed by atoms with Crippen molar-refractivity contribution in [1.29, 1.82) is 0 Å². The number of hydrogen-bond donors (Lipinski definition) is 1. The minimum Gasteiger partial charge on any atom is -0.349 e. The van der Waals surface area contributed by atoms with Crippen LogP contribution in [0.3, 0.4) is 0 Å². The second-order valence-electron chi connectivity index (χ2n) is 3.33. The molecule has 2 rings (SSSR count). The molecule has 0 aliphatic heterocycles. The average Bonchev–Trinajstić information content (AvgIpc) is 2.90. The highest BCUT2D eigenvalue weighted by Gasteiger charge is 2.06. The molecule has 0 aromatic carbocycles. The van der Waals surface area contributed by atoms with Gasteiger partial charge < -0.3 is 5.32 Å². The second kappa shape index (κ2) is 5.45. The molecule has 5 nitrogen and oxygen atoms in total. The molecule has 1 N–H and O–H groups in total. The van der Waals surface area contributed by atoms with Gasteiger partial charge in [-0.1, -0.05) is 0 Å². The molecule has 1 amide bonds. The maximum absolute atomic E-state index is 11.1. The first-order chi connectivity index (χ1) is 8.31. The van der Waals surface area contributed by atoms with Crippen molar-refractivity contribution in [3.05, 3.63) is 42.5 Å². The van der Waals surface area contributed by atoms with Gasteiger partial charge in [-0.15, -0.1) is 11.6 Å². The van der Waals surface area contributed by atoms with E-state index in [0.717, 1.165) is 11.4 Å². The third-order valence-electron chi connectivity index (χ3n) is 2.19. The molecule has 2 aromatic heterocycles. The second-order valence-corrected chi connectivity index (χ2v) is 3.60. The van der Waals surface area contributed by atoms with Crippen molar-refractivity contribution in [3.63, 3.8) is 0 Å². The Kier molecular flexibility index (Phi) is 3.72. The Hall–Kier alpha value is -1.88. The SMILES string of the molecule is O=C(CCl)NCc1ncccc1-n1cccn1.